The van der Waals surface area contributed by atoms with Crippen LogP contribution in [0.5, 0.6) is 0 Å². The molecule has 0 N–H and O–H groups in total. The van der Waals surface area contributed by atoms with Gasteiger partial charge in [-0.25, -0.2) is 0 Å². The molecule has 2 nitrogen and oxygen atoms in total. The molecule has 0 atom stereocenters. The van der Waals surface area contributed by atoms with E-state index >= 15 is 0 Å². The summed E-state index contributed by atoms with van der Waals surface area (Å²) >= 11 is 0.998. The molecule has 2 aromatic heterocycles. The third kappa shape index (κ3) is 3.77. The van der Waals surface area contributed by atoms with Gasteiger partial charge in [0.25, 0.3) is 0 Å². The standard InChI is InChI=1S/C11H10N2Se2/c1-3-7-12-10(5-1)14-9-15-11-6-2-4-8-13-11/h1-8H,9H2. The van der Waals surface area contributed by atoms with E-state index in [1.54, 1.807) is 0 Å². The Kier molecular flexibility index (Phi) is 4.37. The van der Waals surface area contributed by atoms with Gasteiger partial charge in [-0.1, -0.05) is 0 Å². The molecule has 0 aliphatic carbocycles. The van der Waals surface area contributed by atoms with Crippen molar-refractivity contribution in [2.24, 2.45) is 0 Å². The fraction of sp³-hybridized carbons (Fsp3) is 0.0909. The second-order valence-electron chi connectivity index (χ2n) is 2.74. The summed E-state index contributed by atoms with van der Waals surface area (Å²) in [5.74, 6) is 0. The number of aromatic nitrogens is 2. The predicted molar refractivity (Wildman–Crippen MR) is 64.1 cm³/mol. The molecule has 0 aromatic carbocycles. The van der Waals surface area contributed by atoms with Gasteiger partial charge < -0.3 is 0 Å². The first-order chi connectivity index (χ1) is 7.45. The fourth-order valence-electron chi connectivity index (χ4n) is 1.02. The van der Waals surface area contributed by atoms with Crippen molar-refractivity contribution in [1.29, 1.82) is 0 Å². The summed E-state index contributed by atoms with van der Waals surface area (Å²) in [5, 5.41) is 0. The van der Waals surface area contributed by atoms with Gasteiger partial charge in [-0.2, -0.15) is 0 Å². The molecular weight excluding hydrogens is 318 g/mol. The van der Waals surface area contributed by atoms with Crippen molar-refractivity contribution in [1.82, 2.24) is 9.97 Å². The number of rotatable bonds is 4. The summed E-state index contributed by atoms with van der Waals surface area (Å²) in [6.45, 7) is 0. The monoisotopic (exact) mass is 330 g/mol. The van der Waals surface area contributed by atoms with Crippen LogP contribution in [0, 0.1) is 0 Å². The maximum absolute atomic E-state index is 4.33. The van der Waals surface area contributed by atoms with E-state index in [9.17, 15) is 0 Å². The zero-order valence-corrected chi connectivity index (χ0v) is 11.5. The number of nitrogens with zero attached hydrogens (tertiary/aromatic N) is 2. The molecule has 2 rings (SSSR count). The fourth-order valence-corrected chi connectivity index (χ4v) is 6.22. The van der Waals surface area contributed by atoms with Crippen LogP contribution in [0.4, 0.5) is 0 Å². The van der Waals surface area contributed by atoms with Gasteiger partial charge in [-0.15, -0.1) is 0 Å². The summed E-state index contributed by atoms with van der Waals surface area (Å²) in [6.07, 6.45) is 3.73. The normalized spacial score (nSPS) is 10.1. The Morgan fingerprint density at radius 1 is 0.800 bits per heavy atom. The molecule has 76 valence electrons. The van der Waals surface area contributed by atoms with Crippen molar-refractivity contribution in [3.63, 3.8) is 0 Å². The average Bonchev–Trinajstić information content (AvgIpc) is 2.32. The van der Waals surface area contributed by atoms with Crippen LogP contribution >= 0.6 is 0 Å². The van der Waals surface area contributed by atoms with Crippen LogP contribution in [0.3, 0.4) is 0 Å². The molecule has 0 aliphatic heterocycles. The van der Waals surface area contributed by atoms with Gasteiger partial charge >= 0.3 is 102 Å². The zero-order chi connectivity index (χ0) is 10.3. The van der Waals surface area contributed by atoms with E-state index in [1.165, 1.54) is 13.4 Å². The van der Waals surface area contributed by atoms with Crippen LogP contribution in [0.15, 0.2) is 48.8 Å². The first kappa shape index (κ1) is 10.8. The van der Waals surface area contributed by atoms with Crippen molar-refractivity contribution in [3.8, 4) is 0 Å². The van der Waals surface area contributed by atoms with Crippen molar-refractivity contribution >= 4 is 39.1 Å². The molecule has 0 aliphatic rings. The van der Waals surface area contributed by atoms with Gasteiger partial charge in [0.05, 0.1) is 0 Å². The first-order valence-corrected chi connectivity index (χ1v) is 8.66. The zero-order valence-electron chi connectivity index (χ0n) is 8.04. The number of hydrogen-bond acceptors (Lipinski definition) is 2. The van der Waals surface area contributed by atoms with E-state index in [-0.39, 0.29) is 0 Å². The SMILES string of the molecule is c1ccc([Se]C[Se]c2ccccn2)nc1. The Hall–Kier alpha value is -0.661. The molecule has 0 unspecified atom stereocenters. The molecule has 2 heterocycles. The van der Waals surface area contributed by atoms with Crippen LogP contribution < -0.4 is 9.18 Å². The second-order valence-corrected chi connectivity index (χ2v) is 8.77. The molecule has 0 fully saturated rings. The van der Waals surface area contributed by atoms with Crippen LogP contribution in [-0.4, -0.2) is 39.9 Å². The van der Waals surface area contributed by atoms with Gasteiger partial charge in [-0.05, 0) is 0 Å². The Bertz CT molecular complexity index is 352. The van der Waals surface area contributed by atoms with E-state index < -0.39 is 0 Å². The number of hydrogen-bond donors (Lipinski definition) is 0. The van der Waals surface area contributed by atoms with Crippen LogP contribution in [0.25, 0.3) is 0 Å². The molecule has 4 heteroatoms. The van der Waals surface area contributed by atoms with Crippen molar-refractivity contribution in [2.45, 2.75) is 4.22 Å². The summed E-state index contributed by atoms with van der Waals surface area (Å²) < 4.78 is 3.71. The minimum atomic E-state index is 0.499. The van der Waals surface area contributed by atoms with Crippen LogP contribution in [0.1, 0.15) is 0 Å². The van der Waals surface area contributed by atoms with E-state index in [0.717, 1.165) is 0 Å². The van der Waals surface area contributed by atoms with Crippen molar-refractivity contribution in [3.05, 3.63) is 48.8 Å². The van der Waals surface area contributed by atoms with Gasteiger partial charge in [0.15, 0.2) is 0 Å². The molecule has 2 aromatic rings. The van der Waals surface area contributed by atoms with Crippen LogP contribution in [0.2, 0.25) is 4.22 Å². The first-order valence-electron chi connectivity index (χ1n) is 4.53. The van der Waals surface area contributed by atoms with Crippen molar-refractivity contribution in [2.75, 3.05) is 0 Å². The molecule has 0 radical (unpaired) electrons. The van der Waals surface area contributed by atoms with E-state index in [4.69, 9.17) is 0 Å². The average molecular weight is 328 g/mol. The van der Waals surface area contributed by atoms with Gasteiger partial charge in [0.1, 0.15) is 0 Å². The third-order valence-electron chi connectivity index (χ3n) is 1.69. The topological polar surface area (TPSA) is 25.8 Å². The molecule has 0 spiro atoms. The van der Waals surface area contributed by atoms with Crippen LogP contribution in [-0.2, 0) is 0 Å². The molecule has 0 saturated heterocycles. The van der Waals surface area contributed by atoms with Gasteiger partial charge in [0, 0.05) is 0 Å². The predicted octanol–water partition coefficient (Wildman–Crippen LogP) is 0.212. The summed E-state index contributed by atoms with van der Waals surface area (Å²) in [4.78, 5) is 8.65. The molecule has 15 heavy (non-hydrogen) atoms. The Morgan fingerprint density at radius 2 is 1.33 bits per heavy atom. The minimum absolute atomic E-state index is 0.499. The summed E-state index contributed by atoms with van der Waals surface area (Å²) in [5.41, 5.74) is 0. The maximum atomic E-state index is 4.33. The Morgan fingerprint density at radius 3 is 1.73 bits per heavy atom. The van der Waals surface area contributed by atoms with E-state index in [1.807, 2.05) is 24.5 Å². The van der Waals surface area contributed by atoms with Gasteiger partial charge in [-0.3, -0.25) is 0 Å². The molecule has 0 amide bonds. The quantitative estimate of drug-likeness (QED) is 0.750. The second kappa shape index (κ2) is 6.04. The van der Waals surface area contributed by atoms with Crippen molar-refractivity contribution < 1.29 is 0 Å². The molecule has 0 saturated carbocycles. The Labute approximate surface area is 102 Å². The summed E-state index contributed by atoms with van der Waals surface area (Å²) in [7, 11) is 0. The summed E-state index contributed by atoms with van der Waals surface area (Å²) in [6, 6.07) is 12.2. The number of pyridine rings is 2. The Balaban J connectivity index is 1.81. The molecule has 0 bridgehead atoms. The third-order valence-corrected chi connectivity index (χ3v) is 7.01. The van der Waals surface area contributed by atoms with E-state index in [0.29, 0.717) is 29.9 Å². The van der Waals surface area contributed by atoms with E-state index in [2.05, 4.69) is 34.2 Å². The van der Waals surface area contributed by atoms with Gasteiger partial charge in [0.2, 0.25) is 0 Å². The molecular formula is C11H10N2Se2.